The topological polar surface area (TPSA) is 24.9 Å². The Hall–Kier alpha value is -1.64. The Bertz CT molecular complexity index is 607. The van der Waals surface area contributed by atoms with E-state index in [0.717, 1.165) is 49.0 Å². The van der Waals surface area contributed by atoms with Gasteiger partial charge in [0, 0.05) is 23.3 Å². The van der Waals surface area contributed by atoms with Crippen LogP contribution in [0.2, 0.25) is 0 Å². The van der Waals surface area contributed by atoms with E-state index in [1.165, 1.54) is 18.1 Å². The largest absolute Gasteiger partial charge is 0.384 e. The number of hydrogen-bond donors (Lipinski definition) is 1. The molecule has 1 aromatic heterocycles. The number of benzene rings is 1. The van der Waals surface area contributed by atoms with E-state index in [1.807, 2.05) is 6.07 Å². The van der Waals surface area contributed by atoms with E-state index in [4.69, 9.17) is 0 Å². The summed E-state index contributed by atoms with van der Waals surface area (Å²) < 4.78 is 14.0. The van der Waals surface area contributed by atoms with Crippen molar-refractivity contribution in [1.82, 2.24) is 4.98 Å². The van der Waals surface area contributed by atoms with E-state index in [0.29, 0.717) is 5.52 Å². The highest BCUT2D eigenvalue weighted by Crippen LogP contribution is 2.34. The number of hydrogen-bond acceptors (Lipinski definition) is 2. The zero-order chi connectivity index (χ0) is 13.2. The average Bonchev–Trinajstić information content (AvgIpc) is 2.44. The lowest BCUT2D eigenvalue weighted by atomic mass is 9.92. The van der Waals surface area contributed by atoms with Gasteiger partial charge in [-0.2, -0.15) is 0 Å². The summed E-state index contributed by atoms with van der Waals surface area (Å²) >= 11 is 0. The summed E-state index contributed by atoms with van der Waals surface area (Å²) in [4.78, 5) is 4.57. The number of nitrogens with zero attached hydrogens (tertiary/aromatic N) is 1. The van der Waals surface area contributed by atoms with Gasteiger partial charge >= 0.3 is 0 Å². The number of para-hydroxylation sites is 1. The lowest BCUT2D eigenvalue weighted by Gasteiger charge is -2.21. The van der Waals surface area contributed by atoms with Crippen LogP contribution in [0.3, 0.4) is 0 Å². The van der Waals surface area contributed by atoms with Gasteiger partial charge in [-0.1, -0.05) is 19.1 Å². The van der Waals surface area contributed by atoms with E-state index >= 15 is 0 Å². The standard InChI is InChI=1S/C16H19FN2/c1-2-10-18-15-11-6-3-4-9-14(11)19-16-12(15)7-5-8-13(16)17/h5,7-8H,2-4,6,9-10H2,1H3,(H,18,19). The molecule has 19 heavy (non-hydrogen) atoms. The lowest BCUT2D eigenvalue weighted by Crippen LogP contribution is -2.12. The Labute approximate surface area is 113 Å². The molecule has 1 aliphatic carbocycles. The molecule has 2 nitrogen and oxygen atoms in total. The normalized spacial score (nSPS) is 14.4. The van der Waals surface area contributed by atoms with E-state index in [9.17, 15) is 4.39 Å². The highest BCUT2D eigenvalue weighted by molar-refractivity contribution is 5.93. The SMILES string of the molecule is CCCNc1c2c(nc3c(F)cccc13)CCCC2. The molecule has 0 amide bonds. The third-order valence-electron chi connectivity index (χ3n) is 3.80. The molecule has 0 saturated carbocycles. The molecule has 1 aliphatic rings. The molecule has 3 heteroatoms. The maximum Gasteiger partial charge on any atom is 0.149 e. The maximum absolute atomic E-state index is 14.0. The second kappa shape index (κ2) is 5.16. The third-order valence-corrected chi connectivity index (χ3v) is 3.80. The van der Waals surface area contributed by atoms with Crippen molar-refractivity contribution in [1.29, 1.82) is 0 Å². The second-order valence-corrected chi connectivity index (χ2v) is 5.18. The van der Waals surface area contributed by atoms with Crippen molar-refractivity contribution in [3.63, 3.8) is 0 Å². The quantitative estimate of drug-likeness (QED) is 0.897. The Morgan fingerprint density at radius 3 is 2.95 bits per heavy atom. The van der Waals surface area contributed by atoms with Gasteiger partial charge in [0.2, 0.25) is 0 Å². The number of aromatic nitrogens is 1. The number of halogens is 1. The molecule has 1 N–H and O–H groups in total. The van der Waals surface area contributed by atoms with Crippen molar-refractivity contribution in [2.24, 2.45) is 0 Å². The van der Waals surface area contributed by atoms with E-state index < -0.39 is 0 Å². The molecule has 0 unspecified atom stereocenters. The number of pyridine rings is 1. The fourth-order valence-electron chi connectivity index (χ4n) is 2.86. The van der Waals surface area contributed by atoms with Gasteiger partial charge in [-0.05, 0) is 43.7 Å². The molecule has 2 aromatic rings. The third kappa shape index (κ3) is 2.18. The predicted octanol–water partition coefficient (Wildman–Crippen LogP) is 4.07. The molecule has 100 valence electrons. The Balaban J connectivity index is 2.24. The molecule has 0 atom stereocenters. The molecule has 0 saturated heterocycles. The minimum atomic E-state index is -0.217. The van der Waals surface area contributed by atoms with Crippen LogP contribution in [0.15, 0.2) is 18.2 Å². The predicted molar refractivity (Wildman–Crippen MR) is 77.1 cm³/mol. The Morgan fingerprint density at radius 1 is 1.26 bits per heavy atom. The van der Waals surface area contributed by atoms with Crippen LogP contribution in [0.5, 0.6) is 0 Å². The summed E-state index contributed by atoms with van der Waals surface area (Å²) in [5.74, 6) is -0.217. The van der Waals surface area contributed by atoms with Crippen LogP contribution in [0.4, 0.5) is 10.1 Å². The molecule has 0 bridgehead atoms. The van der Waals surface area contributed by atoms with Gasteiger partial charge in [0.25, 0.3) is 0 Å². The second-order valence-electron chi connectivity index (χ2n) is 5.18. The van der Waals surface area contributed by atoms with Crippen molar-refractivity contribution < 1.29 is 4.39 Å². The van der Waals surface area contributed by atoms with Crippen molar-refractivity contribution in [2.45, 2.75) is 39.0 Å². The molecule has 0 radical (unpaired) electrons. The molecule has 1 heterocycles. The van der Waals surface area contributed by atoms with Gasteiger partial charge in [0.05, 0.1) is 0 Å². The van der Waals surface area contributed by atoms with Crippen molar-refractivity contribution in [3.05, 3.63) is 35.3 Å². The molecule has 1 aromatic carbocycles. The zero-order valence-electron chi connectivity index (χ0n) is 11.3. The minimum absolute atomic E-state index is 0.217. The molecular formula is C16H19FN2. The van der Waals surface area contributed by atoms with Crippen LogP contribution in [0, 0.1) is 5.82 Å². The van der Waals surface area contributed by atoms with Crippen molar-refractivity contribution in [2.75, 3.05) is 11.9 Å². The van der Waals surface area contributed by atoms with Crippen LogP contribution in [-0.4, -0.2) is 11.5 Å². The van der Waals surface area contributed by atoms with Gasteiger partial charge in [-0.25, -0.2) is 9.37 Å². The fraction of sp³-hybridized carbons (Fsp3) is 0.438. The van der Waals surface area contributed by atoms with Crippen molar-refractivity contribution in [3.8, 4) is 0 Å². The molecule has 0 spiro atoms. The first-order chi connectivity index (χ1) is 9.31. The van der Waals surface area contributed by atoms with Crippen LogP contribution >= 0.6 is 0 Å². The number of aryl methyl sites for hydroxylation is 1. The van der Waals surface area contributed by atoms with Gasteiger partial charge in [0.15, 0.2) is 0 Å². The van der Waals surface area contributed by atoms with Gasteiger partial charge in [0.1, 0.15) is 11.3 Å². The summed E-state index contributed by atoms with van der Waals surface area (Å²) in [6.45, 7) is 3.06. The molecular weight excluding hydrogens is 239 g/mol. The first kappa shape index (κ1) is 12.4. The van der Waals surface area contributed by atoms with E-state index in [2.05, 4.69) is 17.2 Å². The highest BCUT2D eigenvalue weighted by Gasteiger charge is 2.19. The van der Waals surface area contributed by atoms with Gasteiger partial charge in [-0.3, -0.25) is 0 Å². The number of anilines is 1. The average molecular weight is 258 g/mol. The summed E-state index contributed by atoms with van der Waals surface area (Å²) in [5.41, 5.74) is 4.02. The first-order valence-electron chi connectivity index (χ1n) is 7.15. The van der Waals surface area contributed by atoms with Crippen LogP contribution in [-0.2, 0) is 12.8 Å². The van der Waals surface area contributed by atoms with Crippen LogP contribution in [0.25, 0.3) is 10.9 Å². The highest BCUT2D eigenvalue weighted by atomic mass is 19.1. The van der Waals surface area contributed by atoms with E-state index in [1.54, 1.807) is 6.07 Å². The van der Waals surface area contributed by atoms with Crippen molar-refractivity contribution >= 4 is 16.6 Å². The molecule has 3 rings (SSSR count). The van der Waals surface area contributed by atoms with Gasteiger partial charge in [-0.15, -0.1) is 0 Å². The monoisotopic (exact) mass is 258 g/mol. The summed E-state index contributed by atoms with van der Waals surface area (Å²) in [6.07, 6.45) is 5.46. The van der Waals surface area contributed by atoms with E-state index in [-0.39, 0.29) is 5.82 Å². The lowest BCUT2D eigenvalue weighted by molar-refractivity contribution is 0.632. The van der Waals surface area contributed by atoms with Crippen LogP contribution in [0.1, 0.15) is 37.4 Å². The Kier molecular flexibility index (Phi) is 3.36. The number of rotatable bonds is 3. The first-order valence-corrected chi connectivity index (χ1v) is 7.15. The Morgan fingerprint density at radius 2 is 2.11 bits per heavy atom. The summed E-state index contributed by atoms with van der Waals surface area (Å²) in [7, 11) is 0. The van der Waals surface area contributed by atoms with Crippen LogP contribution < -0.4 is 5.32 Å². The molecule has 0 aliphatic heterocycles. The fourth-order valence-corrected chi connectivity index (χ4v) is 2.86. The number of fused-ring (bicyclic) bond motifs is 2. The number of nitrogens with one attached hydrogen (secondary N) is 1. The molecule has 0 fully saturated rings. The zero-order valence-corrected chi connectivity index (χ0v) is 11.3. The summed E-state index contributed by atoms with van der Waals surface area (Å²) in [5, 5.41) is 4.41. The maximum atomic E-state index is 14.0. The van der Waals surface area contributed by atoms with Gasteiger partial charge < -0.3 is 5.32 Å². The summed E-state index contributed by atoms with van der Waals surface area (Å²) in [6, 6.07) is 5.23. The minimum Gasteiger partial charge on any atom is -0.384 e. The smallest absolute Gasteiger partial charge is 0.149 e.